The van der Waals surface area contributed by atoms with Crippen molar-refractivity contribution in [2.75, 3.05) is 20.2 Å². The van der Waals surface area contributed by atoms with Gasteiger partial charge in [-0.1, -0.05) is 20.3 Å². The van der Waals surface area contributed by atoms with Gasteiger partial charge in [0.15, 0.2) is 0 Å². The lowest BCUT2D eigenvalue weighted by molar-refractivity contribution is -0.146. The molecule has 88 valence electrons. The van der Waals surface area contributed by atoms with Crippen LogP contribution in [-0.4, -0.2) is 37.1 Å². The summed E-state index contributed by atoms with van der Waals surface area (Å²) in [6.45, 7) is 8.49. The van der Waals surface area contributed by atoms with Crippen molar-refractivity contribution < 1.29 is 9.53 Å². The van der Waals surface area contributed by atoms with Crippen LogP contribution >= 0.6 is 0 Å². The first-order chi connectivity index (χ1) is 7.10. The van der Waals surface area contributed by atoms with Gasteiger partial charge in [-0.2, -0.15) is 0 Å². The lowest BCUT2D eigenvalue weighted by Gasteiger charge is -2.23. The second-order valence-corrected chi connectivity index (χ2v) is 4.70. The van der Waals surface area contributed by atoms with Gasteiger partial charge in [0.1, 0.15) is 0 Å². The van der Waals surface area contributed by atoms with E-state index in [9.17, 15) is 4.79 Å². The predicted octanol–water partition coefficient (Wildman–Crippen LogP) is 1.92. The second-order valence-electron chi connectivity index (χ2n) is 4.70. The Morgan fingerprint density at radius 2 is 2.20 bits per heavy atom. The third-order valence-electron chi connectivity index (χ3n) is 3.47. The van der Waals surface area contributed by atoms with Gasteiger partial charge in [0, 0.05) is 19.1 Å². The molecule has 3 nitrogen and oxygen atoms in total. The Labute approximate surface area is 92.8 Å². The Kier molecular flexibility index (Phi) is 4.58. The van der Waals surface area contributed by atoms with E-state index in [2.05, 4.69) is 25.7 Å². The van der Waals surface area contributed by atoms with Gasteiger partial charge < -0.3 is 4.74 Å². The second kappa shape index (κ2) is 5.50. The van der Waals surface area contributed by atoms with Gasteiger partial charge in [-0.3, -0.25) is 9.69 Å². The van der Waals surface area contributed by atoms with Crippen LogP contribution in [0.25, 0.3) is 0 Å². The summed E-state index contributed by atoms with van der Waals surface area (Å²) in [5.41, 5.74) is 0. The number of nitrogens with zero attached hydrogens (tertiary/aromatic N) is 1. The summed E-state index contributed by atoms with van der Waals surface area (Å²) >= 11 is 0. The van der Waals surface area contributed by atoms with Gasteiger partial charge in [-0.25, -0.2) is 0 Å². The molecule has 0 aromatic heterocycles. The van der Waals surface area contributed by atoms with Crippen LogP contribution < -0.4 is 0 Å². The maximum atomic E-state index is 11.5. The maximum absolute atomic E-state index is 11.5. The SMILES string of the molecule is CCCC(C)N1CC(C)C(C(=O)OC)C1. The molecule has 0 radical (unpaired) electrons. The highest BCUT2D eigenvalue weighted by atomic mass is 16.5. The van der Waals surface area contributed by atoms with Crippen molar-refractivity contribution in [1.29, 1.82) is 0 Å². The number of rotatable bonds is 4. The molecule has 3 heteroatoms. The van der Waals surface area contributed by atoms with E-state index in [-0.39, 0.29) is 11.9 Å². The van der Waals surface area contributed by atoms with Gasteiger partial charge in [-0.15, -0.1) is 0 Å². The summed E-state index contributed by atoms with van der Waals surface area (Å²) in [4.78, 5) is 13.9. The molecule has 0 aromatic carbocycles. The lowest BCUT2D eigenvalue weighted by Crippen LogP contribution is -2.32. The monoisotopic (exact) mass is 213 g/mol. The molecule has 1 heterocycles. The Morgan fingerprint density at radius 3 is 2.73 bits per heavy atom. The highest BCUT2D eigenvalue weighted by Gasteiger charge is 2.36. The van der Waals surface area contributed by atoms with Crippen LogP contribution in [0.4, 0.5) is 0 Å². The first-order valence-electron chi connectivity index (χ1n) is 5.92. The van der Waals surface area contributed by atoms with Crippen molar-refractivity contribution in [3.8, 4) is 0 Å². The summed E-state index contributed by atoms with van der Waals surface area (Å²) in [6.07, 6.45) is 2.41. The molecule has 0 aromatic rings. The number of esters is 1. The molecule has 0 bridgehead atoms. The number of ether oxygens (including phenoxy) is 1. The van der Waals surface area contributed by atoms with Crippen molar-refractivity contribution in [3.05, 3.63) is 0 Å². The Bertz CT molecular complexity index is 218. The van der Waals surface area contributed by atoms with Gasteiger partial charge in [0.25, 0.3) is 0 Å². The zero-order valence-electron chi connectivity index (χ0n) is 10.3. The maximum Gasteiger partial charge on any atom is 0.310 e. The molecule has 1 fully saturated rings. The molecule has 0 amide bonds. The van der Waals surface area contributed by atoms with Gasteiger partial charge in [0.2, 0.25) is 0 Å². The molecule has 1 saturated heterocycles. The molecule has 15 heavy (non-hydrogen) atoms. The van der Waals surface area contributed by atoms with Crippen molar-refractivity contribution in [3.63, 3.8) is 0 Å². The Balaban J connectivity index is 2.51. The fraction of sp³-hybridized carbons (Fsp3) is 0.917. The highest BCUT2D eigenvalue weighted by molar-refractivity contribution is 5.73. The molecule has 3 atom stereocenters. The van der Waals surface area contributed by atoms with Gasteiger partial charge in [-0.05, 0) is 19.3 Å². The molecule has 0 N–H and O–H groups in total. The van der Waals surface area contributed by atoms with E-state index in [0.29, 0.717) is 12.0 Å². The molecular formula is C12H23NO2. The van der Waals surface area contributed by atoms with Crippen LogP contribution in [0, 0.1) is 11.8 Å². The van der Waals surface area contributed by atoms with E-state index in [1.807, 2.05) is 0 Å². The largest absolute Gasteiger partial charge is 0.469 e. The van der Waals surface area contributed by atoms with Gasteiger partial charge in [0.05, 0.1) is 13.0 Å². The minimum Gasteiger partial charge on any atom is -0.469 e. The summed E-state index contributed by atoms with van der Waals surface area (Å²) < 4.78 is 4.83. The first kappa shape index (κ1) is 12.5. The number of hydrogen-bond acceptors (Lipinski definition) is 3. The number of likely N-dealkylation sites (tertiary alicyclic amines) is 1. The predicted molar refractivity (Wildman–Crippen MR) is 60.6 cm³/mol. The average Bonchev–Trinajstić information content (AvgIpc) is 2.60. The third kappa shape index (κ3) is 2.94. The zero-order chi connectivity index (χ0) is 11.4. The zero-order valence-corrected chi connectivity index (χ0v) is 10.3. The van der Waals surface area contributed by atoms with Gasteiger partial charge >= 0.3 is 5.97 Å². The van der Waals surface area contributed by atoms with Crippen LogP contribution in [0.15, 0.2) is 0 Å². The van der Waals surface area contributed by atoms with Crippen LogP contribution in [0.5, 0.6) is 0 Å². The summed E-state index contributed by atoms with van der Waals surface area (Å²) in [7, 11) is 1.48. The Morgan fingerprint density at radius 1 is 1.53 bits per heavy atom. The van der Waals surface area contributed by atoms with E-state index in [1.165, 1.54) is 20.0 Å². The van der Waals surface area contributed by atoms with Crippen molar-refractivity contribution in [1.82, 2.24) is 4.90 Å². The quantitative estimate of drug-likeness (QED) is 0.668. The van der Waals surface area contributed by atoms with Crippen molar-refractivity contribution in [2.24, 2.45) is 11.8 Å². The van der Waals surface area contributed by atoms with E-state index >= 15 is 0 Å². The number of carbonyl (C=O) groups excluding carboxylic acids is 1. The minimum absolute atomic E-state index is 0.0475. The van der Waals surface area contributed by atoms with Crippen molar-refractivity contribution >= 4 is 5.97 Å². The smallest absolute Gasteiger partial charge is 0.310 e. The molecule has 0 spiro atoms. The molecule has 0 aliphatic carbocycles. The summed E-state index contributed by atoms with van der Waals surface area (Å²) in [6, 6.07) is 0.590. The summed E-state index contributed by atoms with van der Waals surface area (Å²) in [5.74, 6) is 0.458. The lowest BCUT2D eigenvalue weighted by atomic mass is 9.99. The molecule has 1 rings (SSSR count). The molecule has 3 unspecified atom stereocenters. The highest BCUT2D eigenvalue weighted by Crippen LogP contribution is 2.26. The van der Waals surface area contributed by atoms with E-state index in [0.717, 1.165) is 13.1 Å². The van der Waals surface area contributed by atoms with E-state index < -0.39 is 0 Å². The molecule has 0 saturated carbocycles. The van der Waals surface area contributed by atoms with Crippen LogP contribution in [0.3, 0.4) is 0 Å². The molecule has 1 aliphatic heterocycles. The van der Waals surface area contributed by atoms with Crippen LogP contribution in [-0.2, 0) is 9.53 Å². The standard InChI is InChI=1S/C12H23NO2/c1-5-6-10(3)13-7-9(2)11(8-13)12(14)15-4/h9-11H,5-8H2,1-4H3. The number of carbonyl (C=O) groups is 1. The topological polar surface area (TPSA) is 29.5 Å². The molecular weight excluding hydrogens is 190 g/mol. The van der Waals surface area contributed by atoms with Crippen LogP contribution in [0.1, 0.15) is 33.6 Å². The molecule has 1 aliphatic rings. The fourth-order valence-electron chi connectivity index (χ4n) is 2.42. The summed E-state index contributed by atoms with van der Waals surface area (Å²) in [5, 5.41) is 0. The normalized spacial score (nSPS) is 29.1. The Hall–Kier alpha value is -0.570. The average molecular weight is 213 g/mol. The number of hydrogen-bond donors (Lipinski definition) is 0. The fourth-order valence-corrected chi connectivity index (χ4v) is 2.42. The third-order valence-corrected chi connectivity index (χ3v) is 3.47. The van der Waals surface area contributed by atoms with E-state index in [1.54, 1.807) is 0 Å². The minimum atomic E-state index is -0.0475. The number of methoxy groups -OCH3 is 1. The first-order valence-corrected chi connectivity index (χ1v) is 5.92. The van der Waals surface area contributed by atoms with E-state index in [4.69, 9.17) is 4.74 Å². The van der Waals surface area contributed by atoms with Crippen molar-refractivity contribution in [2.45, 2.75) is 39.7 Å². The van der Waals surface area contributed by atoms with Crippen LogP contribution in [0.2, 0.25) is 0 Å².